The molecule has 2 N–H and O–H groups in total. The van der Waals surface area contributed by atoms with Gasteiger partial charge in [0.2, 0.25) is 0 Å². The third-order valence-corrected chi connectivity index (χ3v) is 4.47. The van der Waals surface area contributed by atoms with E-state index in [2.05, 4.69) is 27.7 Å². The fraction of sp³-hybridized carbons (Fsp3) is 0.600. The molecule has 0 amide bonds. The molecule has 1 fully saturated rings. The summed E-state index contributed by atoms with van der Waals surface area (Å²) < 4.78 is 6.11. The van der Waals surface area contributed by atoms with E-state index in [0.717, 1.165) is 12.0 Å². The standard InChI is InChI=1S/C15H21Cl2NO/c1-14(2)8-11(15(3,4)19-14)13(18)10-7-9(16)5-6-12(10)17/h5-7,11,13H,8,18H2,1-4H3. The summed E-state index contributed by atoms with van der Waals surface area (Å²) >= 11 is 12.3. The van der Waals surface area contributed by atoms with E-state index in [1.54, 1.807) is 12.1 Å². The van der Waals surface area contributed by atoms with Gasteiger partial charge in [-0.2, -0.15) is 0 Å². The van der Waals surface area contributed by atoms with Crippen molar-refractivity contribution in [3.63, 3.8) is 0 Å². The highest BCUT2D eigenvalue weighted by Gasteiger charge is 2.48. The Morgan fingerprint density at radius 1 is 1.26 bits per heavy atom. The van der Waals surface area contributed by atoms with Gasteiger partial charge in [0, 0.05) is 22.0 Å². The van der Waals surface area contributed by atoms with E-state index in [1.807, 2.05) is 6.07 Å². The predicted molar refractivity (Wildman–Crippen MR) is 80.7 cm³/mol. The Balaban J connectivity index is 2.34. The van der Waals surface area contributed by atoms with Gasteiger partial charge in [-0.25, -0.2) is 0 Å². The van der Waals surface area contributed by atoms with Crippen LogP contribution in [-0.2, 0) is 4.74 Å². The number of halogens is 2. The number of hydrogen-bond donors (Lipinski definition) is 1. The van der Waals surface area contributed by atoms with E-state index in [0.29, 0.717) is 10.0 Å². The Morgan fingerprint density at radius 3 is 2.42 bits per heavy atom. The van der Waals surface area contributed by atoms with E-state index in [9.17, 15) is 0 Å². The summed E-state index contributed by atoms with van der Waals surface area (Å²) in [5.41, 5.74) is 6.92. The largest absolute Gasteiger partial charge is 0.369 e. The highest BCUT2D eigenvalue weighted by Crippen LogP contribution is 2.47. The molecule has 0 saturated carbocycles. The highest BCUT2D eigenvalue weighted by atomic mass is 35.5. The van der Waals surface area contributed by atoms with Gasteiger partial charge in [-0.15, -0.1) is 0 Å². The highest BCUT2D eigenvalue weighted by molar-refractivity contribution is 6.33. The molecular weight excluding hydrogens is 281 g/mol. The molecule has 106 valence electrons. The second-order valence-electron chi connectivity index (χ2n) is 6.47. The predicted octanol–water partition coefficient (Wildman–Crippen LogP) is 4.59. The minimum atomic E-state index is -0.269. The van der Waals surface area contributed by atoms with Gasteiger partial charge in [-0.05, 0) is 57.9 Å². The first-order valence-electron chi connectivity index (χ1n) is 6.53. The first-order valence-corrected chi connectivity index (χ1v) is 7.29. The first-order chi connectivity index (χ1) is 8.62. The van der Waals surface area contributed by atoms with Crippen molar-refractivity contribution in [1.82, 2.24) is 0 Å². The van der Waals surface area contributed by atoms with Gasteiger partial charge >= 0.3 is 0 Å². The minimum absolute atomic E-state index is 0.156. The zero-order valence-corrected chi connectivity index (χ0v) is 13.3. The summed E-state index contributed by atoms with van der Waals surface area (Å²) in [4.78, 5) is 0. The zero-order chi connectivity index (χ0) is 14.4. The van der Waals surface area contributed by atoms with E-state index in [1.165, 1.54) is 0 Å². The molecule has 1 aromatic rings. The lowest BCUT2D eigenvalue weighted by Crippen LogP contribution is -2.36. The number of rotatable bonds is 2. The second-order valence-corrected chi connectivity index (χ2v) is 7.31. The molecular formula is C15H21Cl2NO. The third kappa shape index (κ3) is 3.08. The molecule has 1 aromatic carbocycles. The van der Waals surface area contributed by atoms with Crippen LogP contribution in [-0.4, -0.2) is 11.2 Å². The smallest absolute Gasteiger partial charge is 0.0680 e. The molecule has 0 aromatic heterocycles. The average molecular weight is 302 g/mol. The molecule has 1 heterocycles. The van der Waals surface area contributed by atoms with Crippen molar-refractivity contribution in [1.29, 1.82) is 0 Å². The molecule has 1 aliphatic rings. The second kappa shape index (κ2) is 4.92. The Bertz CT molecular complexity index is 485. The molecule has 0 radical (unpaired) electrons. The van der Waals surface area contributed by atoms with Gasteiger partial charge < -0.3 is 10.5 Å². The number of hydrogen-bond acceptors (Lipinski definition) is 2. The quantitative estimate of drug-likeness (QED) is 0.867. The molecule has 19 heavy (non-hydrogen) atoms. The Labute approximate surface area is 125 Å². The van der Waals surface area contributed by atoms with Gasteiger partial charge in [0.25, 0.3) is 0 Å². The molecule has 2 unspecified atom stereocenters. The maximum absolute atomic E-state index is 6.44. The zero-order valence-electron chi connectivity index (χ0n) is 11.8. The van der Waals surface area contributed by atoms with E-state index >= 15 is 0 Å². The maximum Gasteiger partial charge on any atom is 0.0680 e. The summed E-state index contributed by atoms with van der Waals surface area (Å²) in [6.07, 6.45) is 0.907. The van der Waals surface area contributed by atoms with Crippen molar-refractivity contribution in [3.05, 3.63) is 33.8 Å². The lowest BCUT2D eigenvalue weighted by Gasteiger charge is -2.31. The van der Waals surface area contributed by atoms with Gasteiger partial charge in [-0.1, -0.05) is 23.2 Å². The van der Waals surface area contributed by atoms with Crippen molar-refractivity contribution in [2.24, 2.45) is 11.7 Å². The molecule has 1 aliphatic heterocycles. The molecule has 4 heteroatoms. The topological polar surface area (TPSA) is 35.2 Å². The van der Waals surface area contributed by atoms with Crippen molar-refractivity contribution >= 4 is 23.2 Å². The first kappa shape index (κ1) is 15.1. The van der Waals surface area contributed by atoms with Crippen molar-refractivity contribution < 1.29 is 4.74 Å². The maximum atomic E-state index is 6.44. The molecule has 0 spiro atoms. The number of nitrogens with two attached hydrogens (primary N) is 1. The Morgan fingerprint density at radius 2 is 1.89 bits per heavy atom. The summed E-state index contributed by atoms with van der Waals surface area (Å²) in [5, 5.41) is 1.32. The molecule has 2 atom stereocenters. The van der Waals surface area contributed by atoms with Crippen LogP contribution in [0, 0.1) is 5.92 Å². The van der Waals surface area contributed by atoms with Gasteiger partial charge in [-0.3, -0.25) is 0 Å². The summed E-state index contributed by atoms with van der Waals surface area (Å²) in [6, 6.07) is 5.26. The van der Waals surface area contributed by atoms with Gasteiger partial charge in [0.15, 0.2) is 0 Å². The average Bonchev–Trinajstić information content (AvgIpc) is 2.49. The molecule has 0 aliphatic carbocycles. The fourth-order valence-corrected chi connectivity index (χ4v) is 3.58. The molecule has 2 rings (SSSR count). The summed E-state index contributed by atoms with van der Waals surface area (Å²) in [5.74, 6) is 0.207. The Kier molecular flexibility index (Phi) is 3.92. The van der Waals surface area contributed by atoms with Gasteiger partial charge in [0.1, 0.15) is 0 Å². The van der Waals surface area contributed by atoms with Crippen LogP contribution in [0.2, 0.25) is 10.0 Å². The van der Waals surface area contributed by atoms with Crippen LogP contribution in [0.15, 0.2) is 18.2 Å². The van der Waals surface area contributed by atoms with Crippen LogP contribution < -0.4 is 5.73 Å². The monoisotopic (exact) mass is 301 g/mol. The molecule has 0 bridgehead atoms. The van der Waals surface area contributed by atoms with E-state index < -0.39 is 0 Å². The van der Waals surface area contributed by atoms with Crippen LogP contribution in [0.3, 0.4) is 0 Å². The molecule has 2 nitrogen and oxygen atoms in total. The summed E-state index contributed by atoms with van der Waals surface area (Å²) in [6.45, 7) is 8.37. The van der Waals surface area contributed by atoms with Crippen LogP contribution in [0.25, 0.3) is 0 Å². The van der Waals surface area contributed by atoms with Crippen molar-refractivity contribution in [3.8, 4) is 0 Å². The molecule has 1 saturated heterocycles. The SMILES string of the molecule is CC1(C)CC(C(N)c2cc(Cl)ccc2Cl)C(C)(C)O1. The van der Waals surface area contributed by atoms with Crippen molar-refractivity contribution in [2.75, 3.05) is 0 Å². The Hall–Kier alpha value is -0.280. The van der Waals surface area contributed by atoms with E-state index in [-0.39, 0.29) is 23.2 Å². The van der Waals surface area contributed by atoms with Gasteiger partial charge in [0.05, 0.1) is 11.2 Å². The fourth-order valence-electron chi connectivity index (χ4n) is 3.15. The minimum Gasteiger partial charge on any atom is -0.369 e. The van der Waals surface area contributed by atoms with Crippen LogP contribution in [0.1, 0.15) is 45.7 Å². The lowest BCUT2D eigenvalue weighted by atomic mass is 9.79. The number of benzene rings is 1. The number of ether oxygens (including phenoxy) is 1. The third-order valence-electron chi connectivity index (χ3n) is 3.89. The van der Waals surface area contributed by atoms with Crippen molar-refractivity contribution in [2.45, 2.75) is 51.4 Å². The normalized spacial score (nSPS) is 26.4. The lowest BCUT2D eigenvalue weighted by molar-refractivity contribution is -0.0767. The van der Waals surface area contributed by atoms with Crippen LogP contribution in [0.5, 0.6) is 0 Å². The summed E-state index contributed by atoms with van der Waals surface area (Å²) in [7, 11) is 0. The van der Waals surface area contributed by atoms with Crippen LogP contribution >= 0.6 is 23.2 Å². The van der Waals surface area contributed by atoms with E-state index in [4.69, 9.17) is 33.7 Å². The van der Waals surface area contributed by atoms with Crippen LogP contribution in [0.4, 0.5) is 0 Å².